The third-order valence-electron chi connectivity index (χ3n) is 3.82. The summed E-state index contributed by atoms with van der Waals surface area (Å²) in [5.74, 6) is 0. The van der Waals surface area contributed by atoms with Crippen LogP contribution in [-0.4, -0.2) is 15.4 Å². The Morgan fingerprint density at radius 3 is 2.36 bits per heavy atom. The van der Waals surface area contributed by atoms with E-state index in [4.69, 9.17) is 0 Å². The quantitative estimate of drug-likeness (QED) is 0.345. The Morgan fingerprint density at radius 2 is 1.82 bits per heavy atom. The fourth-order valence-corrected chi connectivity index (χ4v) is 2.52. The molecule has 8 nitrogen and oxygen atoms in total. The number of nitrogens with zero attached hydrogens (tertiary/aromatic N) is 4. The minimum absolute atomic E-state index is 0.0161. The standard InChI is InChI=1S/C14H16N4O4/c1-2-14(8-4-3-5-9-14)16-15-12-7-6-11(17(19)20)10-13(12)18(21)22/h2,6-7,10H,1,3-5,8-9H2. The highest BCUT2D eigenvalue weighted by molar-refractivity contribution is 5.61. The van der Waals surface area contributed by atoms with Gasteiger partial charge in [0.2, 0.25) is 0 Å². The molecule has 1 aromatic carbocycles. The SMILES string of the molecule is C=CC1(N=Nc2ccc([N+](=O)[O-])cc2[N+](=O)[O-])CCCCC1. The fourth-order valence-electron chi connectivity index (χ4n) is 2.52. The van der Waals surface area contributed by atoms with Gasteiger partial charge in [0, 0.05) is 6.07 Å². The number of rotatable bonds is 5. The molecule has 0 saturated heterocycles. The lowest BCUT2D eigenvalue weighted by Crippen LogP contribution is -2.25. The van der Waals surface area contributed by atoms with Crippen LogP contribution in [0.25, 0.3) is 0 Å². The van der Waals surface area contributed by atoms with Crippen molar-refractivity contribution in [2.45, 2.75) is 37.6 Å². The molecule has 1 saturated carbocycles. The molecule has 0 spiro atoms. The van der Waals surface area contributed by atoms with Crippen molar-refractivity contribution in [1.82, 2.24) is 0 Å². The van der Waals surface area contributed by atoms with Gasteiger partial charge in [-0.05, 0) is 18.9 Å². The molecule has 116 valence electrons. The van der Waals surface area contributed by atoms with E-state index in [1.807, 2.05) is 0 Å². The normalized spacial score (nSPS) is 17.3. The zero-order chi connectivity index (χ0) is 16.2. The zero-order valence-corrected chi connectivity index (χ0v) is 12.0. The molecule has 1 fully saturated rings. The van der Waals surface area contributed by atoms with Gasteiger partial charge in [-0.1, -0.05) is 25.3 Å². The average Bonchev–Trinajstić information content (AvgIpc) is 2.53. The lowest BCUT2D eigenvalue weighted by atomic mass is 9.83. The van der Waals surface area contributed by atoms with Crippen LogP contribution in [0.2, 0.25) is 0 Å². The number of azo groups is 1. The second-order valence-corrected chi connectivity index (χ2v) is 5.26. The number of nitro groups is 2. The first-order chi connectivity index (χ1) is 10.5. The molecule has 22 heavy (non-hydrogen) atoms. The van der Waals surface area contributed by atoms with Crippen LogP contribution in [0.4, 0.5) is 17.1 Å². The summed E-state index contributed by atoms with van der Waals surface area (Å²) in [6.07, 6.45) is 6.48. The maximum absolute atomic E-state index is 11.1. The Hall–Kier alpha value is -2.64. The van der Waals surface area contributed by atoms with Crippen LogP contribution in [0.15, 0.2) is 41.1 Å². The number of hydrogen-bond donors (Lipinski definition) is 0. The number of benzene rings is 1. The molecular weight excluding hydrogens is 288 g/mol. The van der Waals surface area contributed by atoms with Crippen LogP contribution in [0.3, 0.4) is 0 Å². The molecule has 8 heteroatoms. The molecule has 0 amide bonds. The predicted molar refractivity (Wildman–Crippen MR) is 80.3 cm³/mol. The van der Waals surface area contributed by atoms with E-state index in [0.717, 1.165) is 38.2 Å². The van der Waals surface area contributed by atoms with Crippen molar-refractivity contribution in [2.24, 2.45) is 10.2 Å². The van der Waals surface area contributed by atoms with Gasteiger partial charge >= 0.3 is 5.69 Å². The van der Waals surface area contributed by atoms with E-state index >= 15 is 0 Å². The van der Waals surface area contributed by atoms with Gasteiger partial charge in [0.25, 0.3) is 5.69 Å². The number of non-ortho nitro benzene ring substituents is 1. The van der Waals surface area contributed by atoms with Crippen LogP contribution in [0.1, 0.15) is 32.1 Å². The molecule has 1 aliphatic carbocycles. The second-order valence-electron chi connectivity index (χ2n) is 5.26. The highest BCUT2D eigenvalue weighted by Crippen LogP contribution is 2.36. The fraction of sp³-hybridized carbons (Fsp3) is 0.429. The molecule has 0 radical (unpaired) electrons. The highest BCUT2D eigenvalue weighted by Gasteiger charge is 2.29. The molecule has 0 unspecified atom stereocenters. The van der Waals surface area contributed by atoms with Gasteiger partial charge in [0.15, 0.2) is 5.69 Å². The summed E-state index contributed by atoms with van der Waals surface area (Å²) in [6.45, 7) is 3.79. The van der Waals surface area contributed by atoms with Gasteiger partial charge in [-0.25, -0.2) is 0 Å². The van der Waals surface area contributed by atoms with Crippen molar-refractivity contribution in [2.75, 3.05) is 0 Å². The lowest BCUT2D eigenvalue weighted by Gasteiger charge is -2.28. The van der Waals surface area contributed by atoms with Crippen molar-refractivity contribution in [3.05, 3.63) is 51.1 Å². The Morgan fingerprint density at radius 1 is 1.14 bits per heavy atom. The van der Waals surface area contributed by atoms with Gasteiger partial charge in [0.05, 0.1) is 21.5 Å². The largest absolute Gasteiger partial charge is 0.303 e. The number of hydrogen-bond acceptors (Lipinski definition) is 6. The van der Waals surface area contributed by atoms with Crippen LogP contribution >= 0.6 is 0 Å². The van der Waals surface area contributed by atoms with Crippen LogP contribution in [-0.2, 0) is 0 Å². The van der Waals surface area contributed by atoms with Crippen molar-refractivity contribution in [3.63, 3.8) is 0 Å². The van der Waals surface area contributed by atoms with E-state index in [0.29, 0.717) is 0 Å². The van der Waals surface area contributed by atoms with Crippen LogP contribution in [0.5, 0.6) is 0 Å². The topological polar surface area (TPSA) is 111 Å². The summed E-state index contributed by atoms with van der Waals surface area (Å²) in [4.78, 5) is 20.4. The summed E-state index contributed by atoms with van der Waals surface area (Å²) in [6, 6.07) is 3.33. The minimum Gasteiger partial charge on any atom is -0.258 e. The molecule has 1 aromatic rings. The third-order valence-corrected chi connectivity index (χ3v) is 3.82. The van der Waals surface area contributed by atoms with E-state index < -0.39 is 21.1 Å². The zero-order valence-electron chi connectivity index (χ0n) is 12.0. The van der Waals surface area contributed by atoms with E-state index in [9.17, 15) is 20.2 Å². The van der Waals surface area contributed by atoms with Crippen molar-refractivity contribution in [3.8, 4) is 0 Å². The molecule has 2 rings (SSSR count). The van der Waals surface area contributed by atoms with E-state index in [-0.39, 0.29) is 11.4 Å². The summed E-state index contributed by atoms with van der Waals surface area (Å²) in [5, 5.41) is 30.0. The van der Waals surface area contributed by atoms with Gasteiger partial charge < -0.3 is 0 Å². The Labute approximate surface area is 126 Å². The van der Waals surface area contributed by atoms with E-state index in [1.54, 1.807) is 6.08 Å². The first kappa shape index (κ1) is 15.7. The highest BCUT2D eigenvalue weighted by atomic mass is 16.6. The molecule has 0 bridgehead atoms. The Kier molecular flexibility index (Phi) is 4.59. The minimum atomic E-state index is -0.692. The van der Waals surface area contributed by atoms with E-state index in [2.05, 4.69) is 16.8 Å². The van der Waals surface area contributed by atoms with Gasteiger partial charge in [0.1, 0.15) is 0 Å². The summed E-state index contributed by atoms with van der Waals surface area (Å²) < 4.78 is 0. The Bertz CT molecular complexity index is 636. The van der Waals surface area contributed by atoms with Crippen LogP contribution < -0.4 is 0 Å². The molecule has 0 N–H and O–H groups in total. The first-order valence-electron chi connectivity index (χ1n) is 6.97. The maximum Gasteiger partial charge on any atom is 0.303 e. The summed E-state index contributed by atoms with van der Waals surface area (Å²) >= 11 is 0. The molecule has 1 aliphatic rings. The van der Waals surface area contributed by atoms with Gasteiger partial charge in [-0.15, -0.1) is 11.7 Å². The van der Waals surface area contributed by atoms with Gasteiger partial charge in [-0.2, -0.15) is 5.11 Å². The van der Waals surface area contributed by atoms with Crippen molar-refractivity contribution < 1.29 is 9.85 Å². The van der Waals surface area contributed by atoms with Crippen molar-refractivity contribution in [1.29, 1.82) is 0 Å². The number of nitro benzene ring substituents is 2. The lowest BCUT2D eigenvalue weighted by molar-refractivity contribution is -0.393. The second kappa shape index (κ2) is 6.42. The first-order valence-corrected chi connectivity index (χ1v) is 6.97. The molecule has 0 aliphatic heterocycles. The van der Waals surface area contributed by atoms with Crippen molar-refractivity contribution >= 4 is 17.1 Å². The third kappa shape index (κ3) is 3.33. The summed E-state index contributed by atoms with van der Waals surface area (Å²) in [7, 11) is 0. The molecular formula is C14H16N4O4. The monoisotopic (exact) mass is 304 g/mol. The average molecular weight is 304 g/mol. The van der Waals surface area contributed by atoms with E-state index in [1.165, 1.54) is 12.1 Å². The Balaban J connectivity index is 2.35. The molecule has 0 aromatic heterocycles. The summed E-state index contributed by atoms with van der Waals surface area (Å²) in [5.41, 5.74) is -1.24. The van der Waals surface area contributed by atoms with Crippen LogP contribution in [0, 0.1) is 20.2 Å². The predicted octanol–water partition coefficient (Wildman–Crippen LogP) is 4.48. The molecule has 0 heterocycles. The maximum atomic E-state index is 11.1. The molecule has 0 atom stereocenters. The smallest absolute Gasteiger partial charge is 0.258 e. The van der Waals surface area contributed by atoms with Gasteiger partial charge in [-0.3, -0.25) is 20.2 Å².